The predicted molar refractivity (Wildman–Crippen MR) is 99.3 cm³/mol. The zero-order valence-electron chi connectivity index (χ0n) is 14.6. The lowest BCUT2D eigenvalue weighted by molar-refractivity contribution is -0.148. The van der Waals surface area contributed by atoms with Crippen LogP contribution in [0.25, 0.3) is 0 Å². The van der Waals surface area contributed by atoms with E-state index in [4.69, 9.17) is 4.74 Å². The van der Waals surface area contributed by atoms with Gasteiger partial charge in [-0.1, -0.05) is 36.0 Å². The van der Waals surface area contributed by atoms with E-state index in [1.807, 2.05) is 24.3 Å². The van der Waals surface area contributed by atoms with Crippen LogP contribution in [0, 0.1) is 0 Å². The van der Waals surface area contributed by atoms with Crippen molar-refractivity contribution in [3.05, 3.63) is 59.7 Å². The van der Waals surface area contributed by atoms with Gasteiger partial charge in [0, 0.05) is 17.7 Å². The molecule has 0 saturated carbocycles. The Kier molecular flexibility index (Phi) is 4.39. The maximum absolute atomic E-state index is 12.9. The molecule has 6 nitrogen and oxygen atoms in total. The SMILES string of the molecule is COC(=O)c1ccc(COC(=O)C23CCC(=O)N2c2ccccc2S3)cc1. The summed E-state index contributed by atoms with van der Waals surface area (Å²) in [6.45, 7) is 0.0704. The van der Waals surface area contributed by atoms with Crippen molar-refractivity contribution in [2.75, 3.05) is 12.0 Å². The molecule has 7 heteroatoms. The molecule has 1 unspecified atom stereocenters. The number of carbonyl (C=O) groups is 3. The molecule has 1 fully saturated rings. The van der Waals surface area contributed by atoms with Crippen molar-refractivity contribution < 1.29 is 23.9 Å². The van der Waals surface area contributed by atoms with E-state index in [0.29, 0.717) is 18.4 Å². The topological polar surface area (TPSA) is 72.9 Å². The third kappa shape index (κ3) is 2.88. The van der Waals surface area contributed by atoms with Gasteiger partial charge in [0.1, 0.15) is 6.61 Å². The van der Waals surface area contributed by atoms with Crippen LogP contribution in [-0.2, 0) is 25.7 Å². The van der Waals surface area contributed by atoms with Gasteiger partial charge in [0.25, 0.3) is 0 Å². The van der Waals surface area contributed by atoms with E-state index in [0.717, 1.165) is 16.1 Å². The Morgan fingerprint density at radius 3 is 2.63 bits per heavy atom. The maximum Gasteiger partial charge on any atom is 0.343 e. The number of rotatable bonds is 4. The molecule has 0 aromatic heterocycles. The first kappa shape index (κ1) is 17.6. The van der Waals surface area contributed by atoms with E-state index in [9.17, 15) is 14.4 Å². The molecule has 2 aromatic rings. The molecular formula is C20H17NO5S. The average molecular weight is 383 g/mol. The Morgan fingerprint density at radius 1 is 1.15 bits per heavy atom. The largest absolute Gasteiger partial charge is 0.465 e. The van der Waals surface area contributed by atoms with Crippen LogP contribution >= 0.6 is 11.8 Å². The van der Waals surface area contributed by atoms with Crippen molar-refractivity contribution >= 4 is 35.3 Å². The molecule has 2 aliphatic rings. The van der Waals surface area contributed by atoms with Crippen LogP contribution < -0.4 is 4.90 Å². The summed E-state index contributed by atoms with van der Waals surface area (Å²) < 4.78 is 10.2. The van der Waals surface area contributed by atoms with Crippen LogP contribution in [0.15, 0.2) is 53.4 Å². The lowest BCUT2D eigenvalue weighted by Crippen LogP contribution is -2.47. The minimum atomic E-state index is -1.02. The Bertz CT molecular complexity index is 926. The first-order chi connectivity index (χ1) is 13.0. The van der Waals surface area contributed by atoms with Gasteiger partial charge in [0.05, 0.1) is 18.4 Å². The molecule has 0 aliphatic carbocycles. The number of methoxy groups -OCH3 is 1. The molecule has 4 rings (SSSR count). The van der Waals surface area contributed by atoms with E-state index in [-0.39, 0.29) is 12.5 Å². The second kappa shape index (κ2) is 6.74. The molecule has 0 spiro atoms. The molecule has 0 radical (unpaired) electrons. The molecule has 1 amide bonds. The molecule has 0 N–H and O–H groups in total. The number of amides is 1. The number of para-hydroxylation sites is 1. The lowest BCUT2D eigenvalue weighted by atomic mass is 10.1. The summed E-state index contributed by atoms with van der Waals surface area (Å²) in [6.07, 6.45) is 0.746. The highest BCUT2D eigenvalue weighted by atomic mass is 32.2. The van der Waals surface area contributed by atoms with Gasteiger partial charge in [-0.05, 0) is 29.8 Å². The zero-order chi connectivity index (χ0) is 19.0. The summed E-state index contributed by atoms with van der Waals surface area (Å²) in [7, 11) is 1.32. The van der Waals surface area contributed by atoms with E-state index in [1.165, 1.54) is 18.9 Å². The van der Waals surface area contributed by atoms with Gasteiger partial charge in [-0.2, -0.15) is 0 Å². The molecule has 0 bridgehead atoms. The Hall–Kier alpha value is -2.80. The van der Waals surface area contributed by atoms with Crippen molar-refractivity contribution in [2.24, 2.45) is 0 Å². The van der Waals surface area contributed by atoms with Gasteiger partial charge in [-0.15, -0.1) is 0 Å². The van der Waals surface area contributed by atoms with Crippen LogP contribution in [0.4, 0.5) is 5.69 Å². The van der Waals surface area contributed by atoms with E-state index >= 15 is 0 Å². The molecule has 1 saturated heterocycles. The van der Waals surface area contributed by atoms with Crippen molar-refractivity contribution in [3.63, 3.8) is 0 Å². The summed E-state index contributed by atoms with van der Waals surface area (Å²) in [4.78, 5) is 38.3. The normalized spacial score (nSPS) is 20.2. The number of hydrogen-bond acceptors (Lipinski definition) is 6. The number of esters is 2. The fourth-order valence-electron chi connectivity index (χ4n) is 3.39. The highest BCUT2D eigenvalue weighted by molar-refractivity contribution is 8.02. The van der Waals surface area contributed by atoms with Gasteiger partial charge in [0.15, 0.2) is 4.87 Å². The summed E-state index contributed by atoms with van der Waals surface area (Å²) in [6, 6.07) is 14.2. The van der Waals surface area contributed by atoms with Gasteiger partial charge in [0.2, 0.25) is 5.91 Å². The summed E-state index contributed by atoms with van der Waals surface area (Å²) in [5.74, 6) is -0.906. The number of anilines is 1. The number of hydrogen-bond donors (Lipinski definition) is 0. The highest BCUT2D eigenvalue weighted by Crippen LogP contribution is 2.56. The standard InChI is InChI=1S/C20H17NO5S/c1-25-18(23)14-8-6-13(7-9-14)12-26-19(24)20-11-10-17(22)21(20)15-4-2-3-5-16(15)27-20/h2-9H,10-12H2,1H3. The van der Waals surface area contributed by atoms with Gasteiger partial charge in [-0.3, -0.25) is 9.69 Å². The molecule has 2 heterocycles. The fraction of sp³-hybridized carbons (Fsp3) is 0.250. The fourth-order valence-corrected chi connectivity index (χ4v) is 4.80. The quantitative estimate of drug-likeness (QED) is 0.756. The number of nitrogens with zero attached hydrogens (tertiary/aromatic N) is 1. The predicted octanol–water partition coefficient (Wildman–Crippen LogP) is 3.15. The minimum Gasteiger partial charge on any atom is -0.465 e. The number of carbonyl (C=O) groups excluding carboxylic acids is 3. The molecule has 138 valence electrons. The third-order valence-electron chi connectivity index (χ3n) is 4.74. The van der Waals surface area contributed by atoms with E-state index in [2.05, 4.69) is 4.74 Å². The van der Waals surface area contributed by atoms with E-state index < -0.39 is 16.8 Å². The van der Waals surface area contributed by atoms with Crippen LogP contribution in [0.3, 0.4) is 0 Å². The molecule has 2 aromatic carbocycles. The van der Waals surface area contributed by atoms with Gasteiger partial charge < -0.3 is 9.47 Å². The minimum absolute atomic E-state index is 0.0631. The van der Waals surface area contributed by atoms with Crippen molar-refractivity contribution in [2.45, 2.75) is 29.2 Å². The molecule has 2 aliphatic heterocycles. The summed E-state index contributed by atoms with van der Waals surface area (Å²) in [5.41, 5.74) is 1.95. The molecule has 1 atom stereocenters. The van der Waals surface area contributed by atoms with Gasteiger partial charge in [-0.25, -0.2) is 9.59 Å². The molecular weight excluding hydrogens is 366 g/mol. The monoisotopic (exact) mass is 383 g/mol. The zero-order valence-corrected chi connectivity index (χ0v) is 15.5. The van der Waals surface area contributed by atoms with Crippen LogP contribution in [0.5, 0.6) is 0 Å². The Balaban J connectivity index is 1.50. The number of thioether (sulfide) groups is 1. The van der Waals surface area contributed by atoms with Crippen LogP contribution in [0.2, 0.25) is 0 Å². The second-order valence-electron chi connectivity index (χ2n) is 6.35. The highest BCUT2D eigenvalue weighted by Gasteiger charge is 2.58. The first-order valence-electron chi connectivity index (χ1n) is 8.51. The second-order valence-corrected chi connectivity index (χ2v) is 7.67. The van der Waals surface area contributed by atoms with Crippen molar-refractivity contribution in [1.82, 2.24) is 0 Å². The number of fused-ring (bicyclic) bond motifs is 3. The lowest BCUT2D eigenvalue weighted by Gasteiger charge is -2.28. The Morgan fingerprint density at radius 2 is 1.89 bits per heavy atom. The maximum atomic E-state index is 12.9. The molecule has 27 heavy (non-hydrogen) atoms. The van der Waals surface area contributed by atoms with Gasteiger partial charge >= 0.3 is 11.9 Å². The number of ether oxygens (including phenoxy) is 2. The number of benzene rings is 2. The Labute approximate surface area is 160 Å². The van der Waals surface area contributed by atoms with E-state index in [1.54, 1.807) is 29.2 Å². The summed E-state index contributed by atoms with van der Waals surface area (Å²) >= 11 is 1.38. The van der Waals surface area contributed by atoms with Crippen LogP contribution in [0.1, 0.15) is 28.8 Å². The van der Waals surface area contributed by atoms with Crippen molar-refractivity contribution in [3.8, 4) is 0 Å². The third-order valence-corrected chi connectivity index (χ3v) is 6.19. The smallest absolute Gasteiger partial charge is 0.343 e. The summed E-state index contributed by atoms with van der Waals surface area (Å²) in [5, 5.41) is 0. The first-order valence-corrected chi connectivity index (χ1v) is 9.32. The van der Waals surface area contributed by atoms with Crippen molar-refractivity contribution in [1.29, 1.82) is 0 Å². The van der Waals surface area contributed by atoms with Crippen LogP contribution in [-0.4, -0.2) is 29.8 Å². The average Bonchev–Trinajstić information content (AvgIpc) is 3.21.